The fourth-order valence-electron chi connectivity index (χ4n) is 2.40. The van der Waals surface area contributed by atoms with Gasteiger partial charge in [-0.25, -0.2) is 4.98 Å². The van der Waals surface area contributed by atoms with E-state index in [2.05, 4.69) is 30.7 Å². The molecule has 2 N–H and O–H groups in total. The first-order chi connectivity index (χ1) is 11.7. The smallest absolute Gasteiger partial charge is 0.263 e. The van der Waals surface area contributed by atoms with Crippen molar-refractivity contribution in [3.05, 3.63) is 28.3 Å². The highest BCUT2D eigenvalue weighted by Gasteiger charge is 2.13. The topological polar surface area (TPSA) is 92.3 Å². The predicted molar refractivity (Wildman–Crippen MR) is 92.7 cm³/mol. The van der Waals surface area contributed by atoms with Crippen molar-refractivity contribution in [2.24, 2.45) is 0 Å². The summed E-state index contributed by atoms with van der Waals surface area (Å²) >= 11 is 1.35. The highest BCUT2D eigenvalue weighted by molar-refractivity contribution is 7.11. The molecule has 0 saturated carbocycles. The Morgan fingerprint density at radius 3 is 2.96 bits per heavy atom. The first-order valence-corrected chi connectivity index (χ1v) is 8.69. The molecular weight excluding hydrogens is 328 g/mol. The van der Waals surface area contributed by atoms with Gasteiger partial charge >= 0.3 is 0 Å². The summed E-state index contributed by atoms with van der Waals surface area (Å²) in [4.78, 5) is 18.9. The second kappa shape index (κ2) is 8.02. The van der Waals surface area contributed by atoms with Crippen molar-refractivity contribution < 1.29 is 9.53 Å². The number of aryl methyl sites for hydroxylation is 1. The van der Waals surface area contributed by atoms with E-state index in [1.54, 1.807) is 11.7 Å². The third-order valence-corrected chi connectivity index (χ3v) is 4.61. The Morgan fingerprint density at radius 1 is 1.38 bits per heavy atom. The Labute approximate surface area is 144 Å². The van der Waals surface area contributed by atoms with Crippen LogP contribution in [-0.2, 0) is 4.74 Å². The molecule has 0 atom stereocenters. The van der Waals surface area contributed by atoms with Crippen LogP contribution in [0.5, 0.6) is 0 Å². The van der Waals surface area contributed by atoms with Gasteiger partial charge in [0.05, 0.1) is 36.3 Å². The van der Waals surface area contributed by atoms with Crippen LogP contribution in [0.15, 0.2) is 17.8 Å². The van der Waals surface area contributed by atoms with Crippen molar-refractivity contribution in [3.63, 3.8) is 0 Å². The number of hydrogen-bond acceptors (Lipinski definition) is 8. The molecule has 9 heteroatoms. The zero-order chi connectivity index (χ0) is 16.8. The number of hydrogen-bond donors (Lipinski definition) is 2. The van der Waals surface area contributed by atoms with Gasteiger partial charge in [-0.1, -0.05) is 0 Å². The van der Waals surface area contributed by atoms with Gasteiger partial charge in [0.25, 0.3) is 5.91 Å². The molecule has 24 heavy (non-hydrogen) atoms. The van der Waals surface area contributed by atoms with Crippen LogP contribution >= 0.6 is 11.3 Å². The molecule has 3 rings (SSSR count). The molecule has 1 fully saturated rings. The van der Waals surface area contributed by atoms with Crippen molar-refractivity contribution in [2.75, 3.05) is 49.6 Å². The average molecular weight is 348 g/mol. The van der Waals surface area contributed by atoms with Crippen LogP contribution in [0.2, 0.25) is 0 Å². The molecule has 8 nitrogen and oxygen atoms in total. The molecule has 1 saturated heterocycles. The molecule has 0 unspecified atom stereocenters. The highest BCUT2D eigenvalue weighted by Crippen LogP contribution is 2.17. The van der Waals surface area contributed by atoms with Gasteiger partial charge in [0.15, 0.2) is 5.82 Å². The van der Waals surface area contributed by atoms with Gasteiger partial charge in [-0.15, -0.1) is 16.4 Å². The molecule has 3 heterocycles. The van der Waals surface area contributed by atoms with Crippen LogP contribution < -0.4 is 15.5 Å². The maximum Gasteiger partial charge on any atom is 0.263 e. The lowest BCUT2D eigenvalue weighted by molar-refractivity contribution is 0.0958. The van der Waals surface area contributed by atoms with E-state index in [9.17, 15) is 4.79 Å². The number of aromatic nitrogens is 3. The van der Waals surface area contributed by atoms with E-state index >= 15 is 0 Å². The molecule has 0 radical (unpaired) electrons. The van der Waals surface area contributed by atoms with E-state index in [1.165, 1.54) is 11.3 Å². The lowest BCUT2D eigenvalue weighted by atomic mass is 10.3. The normalized spacial score (nSPS) is 14.5. The predicted octanol–water partition coefficient (Wildman–Crippen LogP) is 0.920. The maximum absolute atomic E-state index is 12.0. The number of thiazole rings is 1. The van der Waals surface area contributed by atoms with Gasteiger partial charge in [-0.2, -0.15) is 5.10 Å². The first kappa shape index (κ1) is 16.6. The Bertz CT molecular complexity index is 686. The van der Waals surface area contributed by atoms with E-state index in [-0.39, 0.29) is 5.91 Å². The van der Waals surface area contributed by atoms with Gasteiger partial charge in [-0.3, -0.25) is 4.79 Å². The van der Waals surface area contributed by atoms with Crippen molar-refractivity contribution in [3.8, 4) is 0 Å². The maximum atomic E-state index is 12.0. The van der Waals surface area contributed by atoms with Gasteiger partial charge in [0.1, 0.15) is 4.88 Å². The minimum absolute atomic E-state index is 0.0926. The molecule has 1 aliphatic heterocycles. The van der Waals surface area contributed by atoms with Gasteiger partial charge in [0, 0.05) is 32.2 Å². The quantitative estimate of drug-likeness (QED) is 0.750. The number of anilines is 2. The summed E-state index contributed by atoms with van der Waals surface area (Å²) < 4.78 is 5.36. The molecule has 128 valence electrons. The molecule has 0 bridgehead atoms. The highest BCUT2D eigenvalue weighted by atomic mass is 32.1. The largest absolute Gasteiger partial charge is 0.378 e. The molecule has 0 aromatic carbocycles. The number of ether oxygens (including phenoxy) is 1. The molecule has 0 spiro atoms. The fourth-order valence-corrected chi connectivity index (χ4v) is 3.12. The van der Waals surface area contributed by atoms with Crippen molar-refractivity contribution >= 4 is 28.7 Å². The number of rotatable bonds is 6. The fraction of sp³-hybridized carbons (Fsp3) is 0.467. The van der Waals surface area contributed by atoms with Crippen LogP contribution in [0.1, 0.15) is 15.4 Å². The monoisotopic (exact) mass is 348 g/mol. The van der Waals surface area contributed by atoms with E-state index in [0.29, 0.717) is 23.8 Å². The van der Waals surface area contributed by atoms with Gasteiger partial charge < -0.3 is 20.3 Å². The molecule has 0 aliphatic carbocycles. The van der Waals surface area contributed by atoms with Crippen LogP contribution in [-0.4, -0.2) is 60.5 Å². The van der Waals surface area contributed by atoms with Gasteiger partial charge in [0.2, 0.25) is 0 Å². The molecule has 2 aromatic heterocycles. The minimum Gasteiger partial charge on any atom is -0.378 e. The van der Waals surface area contributed by atoms with Crippen LogP contribution in [0, 0.1) is 6.92 Å². The van der Waals surface area contributed by atoms with Crippen molar-refractivity contribution in [1.29, 1.82) is 0 Å². The Morgan fingerprint density at radius 2 is 2.21 bits per heavy atom. The van der Waals surface area contributed by atoms with Crippen LogP contribution in [0.4, 0.5) is 11.5 Å². The number of carbonyl (C=O) groups is 1. The summed E-state index contributed by atoms with van der Waals surface area (Å²) in [5, 5.41) is 14.2. The second-order valence-electron chi connectivity index (χ2n) is 5.35. The van der Waals surface area contributed by atoms with E-state index < -0.39 is 0 Å². The summed E-state index contributed by atoms with van der Waals surface area (Å²) in [6.45, 7) is 6.08. The SMILES string of the molecule is Cc1ncsc1C(=O)NCCNc1cc(N2CCOCC2)cnn1. The van der Waals surface area contributed by atoms with Crippen molar-refractivity contribution in [2.45, 2.75) is 6.92 Å². The van der Waals surface area contributed by atoms with Gasteiger partial charge in [-0.05, 0) is 6.92 Å². The summed E-state index contributed by atoms with van der Waals surface area (Å²) in [6, 6.07) is 1.97. The minimum atomic E-state index is -0.0926. The summed E-state index contributed by atoms with van der Waals surface area (Å²) in [6.07, 6.45) is 1.75. The van der Waals surface area contributed by atoms with Crippen molar-refractivity contribution in [1.82, 2.24) is 20.5 Å². The van der Waals surface area contributed by atoms with E-state index in [1.807, 2.05) is 13.0 Å². The first-order valence-electron chi connectivity index (χ1n) is 7.81. The number of amides is 1. The molecule has 1 aliphatic rings. The lowest BCUT2D eigenvalue weighted by Crippen LogP contribution is -2.36. The Kier molecular flexibility index (Phi) is 5.55. The summed E-state index contributed by atoms with van der Waals surface area (Å²) in [7, 11) is 0. The number of nitrogens with one attached hydrogen (secondary N) is 2. The van der Waals surface area contributed by atoms with Crippen LogP contribution in [0.3, 0.4) is 0 Å². The summed E-state index contributed by atoms with van der Waals surface area (Å²) in [5.41, 5.74) is 3.46. The zero-order valence-electron chi connectivity index (χ0n) is 13.5. The second-order valence-corrected chi connectivity index (χ2v) is 6.20. The lowest BCUT2D eigenvalue weighted by Gasteiger charge is -2.28. The standard InChI is InChI=1S/C15H20N6O2S/c1-11-14(24-10-18-11)15(22)17-3-2-16-13-8-12(9-19-20-13)21-4-6-23-7-5-21/h8-10H,2-7H2,1H3,(H,16,20)(H,17,22). The van der Waals surface area contributed by atoms with Crippen LogP contribution in [0.25, 0.3) is 0 Å². The van der Waals surface area contributed by atoms with E-state index in [0.717, 1.165) is 37.7 Å². The molecular formula is C15H20N6O2S. The number of carbonyl (C=O) groups excluding carboxylic acids is 1. The number of morpholine rings is 1. The molecule has 1 amide bonds. The summed E-state index contributed by atoms with van der Waals surface area (Å²) in [5.74, 6) is 0.604. The number of nitrogens with zero attached hydrogens (tertiary/aromatic N) is 4. The Hall–Kier alpha value is -2.26. The Balaban J connectivity index is 1.46. The third-order valence-electron chi connectivity index (χ3n) is 3.68. The molecule has 2 aromatic rings. The van der Waals surface area contributed by atoms with E-state index in [4.69, 9.17) is 4.74 Å². The zero-order valence-corrected chi connectivity index (χ0v) is 14.3. The average Bonchev–Trinajstić information content (AvgIpc) is 3.06. The third kappa shape index (κ3) is 4.18.